The number of carbonyl (C=O) groups is 2. The van der Waals surface area contributed by atoms with Crippen molar-refractivity contribution in [1.82, 2.24) is 4.98 Å². The number of aromatic nitrogens is 1. The first kappa shape index (κ1) is 16.0. The third-order valence-corrected chi connectivity index (χ3v) is 4.10. The number of anilines is 1. The van der Waals surface area contributed by atoms with E-state index in [4.69, 9.17) is 14.2 Å². The van der Waals surface area contributed by atoms with Crippen LogP contribution in [0.1, 0.15) is 17.3 Å². The average Bonchev–Trinajstić information content (AvgIpc) is 3.27. The normalized spacial score (nSPS) is 13.4. The molecule has 0 fully saturated rings. The summed E-state index contributed by atoms with van der Waals surface area (Å²) in [5.74, 6) is 0.195. The third kappa shape index (κ3) is 2.95. The number of benzene rings is 2. The topological polar surface area (TPSA) is 89.7 Å². The minimum Gasteiger partial charge on any atom is -0.454 e. The molecule has 0 radical (unpaired) electrons. The van der Waals surface area contributed by atoms with E-state index in [0.29, 0.717) is 22.7 Å². The van der Waals surface area contributed by atoms with E-state index in [0.717, 1.165) is 10.9 Å². The molecule has 0 unspecified atom stereocenters. The van der Waals surface area contributed by atoms with E-state index in [1.807, 2.05) is 24.3 Å². The van der Waals surface area contributed by atoms with Gasteiger partial charge in [-0.05, 0) is 25.1 Å². The molecule has 0 aliphatic carbocycles. The molecule has 3 aromatic rings. The molecule has 26 heavy (non-hydrogen) atoms. The van der Waals surface area contributed by atoms with Gasteiger partial charge in [-0.3, -0.25) is 4.79 Å². The molecule has 2 aromatic carbocycles. The first-order valence-corrected chi connectivity index (χ1v) is 8.09. The Morgan fingerprint density at radius 1 is 1.15 bits per heavy atom. The summed E-state index contributed by atoms with van der Waals surface area (Å²) in [7, 11) is 0. The van der Waals surface area contributed by atoms with Crippen molar-refractivity contribution in [3.05, 3.63) is 54.2 Å². The average molecular weight is 352 g/mol. The minimum atomic E-state index is -0.957. The number of hydrogen-bond acceptors (Lipinski definition) is 5. The molecule has 0 spiro atoms. The lowest BCUT2D eigenvalue weighted by Gasteiger charge is -2.13. The number of hydrogen-bond donors (Lipinski definition) is 2. The fraction of sp³-hybridized carbons (Fsp3) is 0.158. The highest BCUT2D eigenvalue weighted by atomic mass is 16.7. The van der Waals surface area contributed by atoms with Crippen LogP contribution in [0.3, 0.4) is 0 Å². The van der Waals surface area contributed by atoms with Crippen molar-refractivity contribution in [1.29, 1.82) is 0 Å². The Balaban J connectivity index is 1.43. The van der Waals surface area contributed by atoms with Gasteiger partial charge in [-0.25, -0.2) is 4.79 Å². The van der Waals surface area contributed by atoms with Gasteiger partial charge in [0.15, 0.2) is 17.6 Å². The summed E-state index contributed by atoms with van der Waals surface area (Å²) in [5.41, 5.74) is 1.76. The molecule has 132 valence electrons. The molecule has 0 saturated carbocycles. The number of ether oxygens (including phenoxy) is 3. The van der Waals surface area contributed by atoms with Crippen molar-refractivity contribution in [3.63, 3.8) is 0 Å². The van der Waals surface area contributed by atoms with E-state index in [2.05, 4.69) is 10.3 Å². The summed E-state index contributed by atoms with van der Waals surface area (Å²) in [4.78, 5) is 27.7. The van der Waals surface area contributed by atoms with Crippen molar-refractivity contribution < 1.29 is 23.8 Å². The number of aromatic amines is 1. The van der Waals surface area contributed by atoms with Crippen LogP contribution in [0, 0.1) is 0 Å². The lowest BCUT2D eigenvalue weighted by Crippen LogP contribution is -2.29. The summed E-state index contributed by atoms with van der Waals surface area (Å²) in [6.45, 7) is 1.68. The summed E-state index contributed by atoms with van der Waals surface area (Å²) < 4.78 is 15.8. The molecule has 1 aliphatic rings. The largest absolute Gasteiger partial charge is 0.454 e. The Morgan fingerprint density at radius 2 is 1.96 bits per heavy atom. The van der Waals surface area contributed by atoms with Crippen LogP contribution in [0.25, 0.3) is 10.9 Å². The highest BCUT2D eigenvalue weighted by Crippen LogP contribution is 2.34. The Kier molecular flexibility index (Phi) is 3.96. The predicted molar refractivity (Wildman–Crippen MR) is 94.4 cm³/mol. The van der Waals surface area contributed by atoms with Crippen LogP contribution in [-0.2, 0) is 9.53 Å². The first-order valence-electron chi connectivity index (χ1n) is 8.09. The van der Waals surface area contributed by atoms with Crippen molar-refractivity contribution in [2.75, 3.05) is 12.1 Å². The second-order valence-electron chi connectivity index (χ2n) is 5.85. The second-order valence-corrected chi connectivity index (χ2v) is 5.85. The van der Waals surface area contributed by atoms with Crippen molar-refractivity contribution in [2.24, 2.45) is 0 Å². The zero-order valence-electron chi connectivity index (χ0n) is 13.9. The van der Waals surface area contributed by atoms with Gasteiger partial charge in [-0.1, -0.05) is 18.2 Å². The van der Waals surface area contributed by atoms with Crippen LogP contribution >= 0.6 is 0 Å². The van der Waals surface area contributed by atoms with Crippen LogP contribution in [0.15, 0.2) is 48.7 Å². The van der Waals surface area contributed by atoms with Crippen LogP contribution in [0.4, 0.5) is 5.69 Å². The van der Waals surface area contributed by atoms with Gasteiger partial charge in [0, 0.05) is 28.9 Å². The molecular weight excluding hydrogens is 336 g/mol. The first-order chi connectivity index (χ1) is 12.6. The zero-order valence-corrected chi connectivity index (χ0v) is 13.9. The van der Waals surface area contributed by atoms with E-state index >= 15 is 0 Å². The van der Waals surface area contributed by atoms with Gasteiger partial charge in [-0.15, -0.1) is 0 Å². The van der Waals surface area contributed by atoms with E-state index in [9.17, 15) is 9.59 Å². The summed E-state index contributed by atoms with van der Waals surface area (Å²) in [6, 6.07) is 12.5. The van der Waals surface area contributed by atoms with Crippen LogP contribution in [0.2, 0.25) is 0 Å². The highest BCUT2D eigenvalue weighted by Gasteiger charge is 2.22. The molecule has 1 aliphatic heterocycles. The predicted octanol–water partition coefficient (Wildman–Crippen LogP) is 3.08. The summed E-state index contributed by atoms with van der Waals surface area (Å²) in [6.07, 6.45) is 0.622. The van der Waals surface area contributed by atoms with E-state index < -0.39 is 18.0 Å². The fourth-order valence-electron chi connectivity index (χ4n) is 2.74. The Labute approximate surface area is 148 Å². The number of esters is 1. The molecule has 4 rings (SSSR count). The Morgan fingerprint density at radius 3 is 2.85 bits per heavy atom. The van der Waals surface area contributed by atoms with Gasteiger partial charge >= 0.3 is 5.97 Å². The molecule has 2 heterocycles. The molecule has 7 heteroatoms. The van der Waals surface area contributed by atoms with Gasteiger partial charge in [0.25, 0.3) is 5.91 Å². The Bertz CT molecular complexity index is 995. The van der Waals surface area contributed by atoms with Gasteiger partial charge in [0.1, 0.15) is 0 Å². The van der Waals surface area contributed by atoms with Crippen LogP contribution < -0.4 is 14.8 Å². The summed E-state index contributed by atoms with van der Waals surface area (Å²) in [5, 5.41) is 3.45. The molecular formula is C19H16N2O5. The quantitative estimate of drug-likeness (QED) is 0.704. The van der Waals surface area contributed by atoms with Gasteiger partial charge in [0.05, 0.1) is 5.56 Å². The SMILES string of the molecule is C[C@@H](OC(=O)c1c[nH]c2ccccc12)C(=O)Nc1ccc2c(c1)OCO2. The fourth-order valence-corrected chi connectivity index (χ4v) is 2.74. The number of nitrogens with one attached hydrogen (secondary N) is 2. The molecule has 7 nitrogen and oxygen atoms in total. The summed E-state index contributed by atoms with van der Waals surface area (Å²) >= 11 is 0. The van der Waals surface area contributed by atoms with Crippen molar-refractivity contribution in [3.8, 4) is 11.5 Å². The maximum Gasteiger partial charge on any atom is 0.341 e. The maximum atomic E-state index is 12.4. The third-order valence-electron chi connectivity index (χ3n) is 4.10. The molecule has 2 N–H and O–H groups in total. The maximum absolute atomic E-state index is 12.4. The second kappa shape index (κ2) is 6.44. The van der Waals surface area contributed by atoms with Crippen molar-refractivity contribution >= 4 is 28.5 Å². The lowest BCUT2D eigenvalue weighted by atomic mass is 10.2. The minimum absolute atomic E-state index is 0.158. The van der Waals surface area contributed by atoms with Crippen molar-refractivity contribution in [2.45, 2.75) is 13.0 Å². The van der Waals surface area contributed by atoms with Crippen LogP contribution in [-0.4, -0.2) is 29.8 Å². The van der Waals surface area contributed by atoms with Gasteiger partial charge in [0.2, 0.25) is 6.79 Å². The number of para-hydroxylation sites is 1. The number of rotatable bonds is 4. The zero-order chi connectivity index (χ0) is 18.1. The molecule has 0 bridgehead atoms. The number of H-pyrrole nitrogens is 1. The standard InChI is InChI=1S/C19H16N2O5/c1-11(18(22)21-12-6-7-16-17(8-12)25-10-24-16)26-19(23)14-9-20-15-5-3-2-4-13(14)15/h2-9,11,20H,10H2,1H3,(H,21,22)/t11-/m1/s1. The van der Waals surface area contributed by atoms with E-state index in [1.165, 1.54) is 6.92 Å². The van der Waals surface area contributed by atoms with Gasteiger partial charge < -0.3 is 24.5 Å². The van der Waals surface area contributed by atoms with E-state index in [1.54, 1.807) is 24.4 Å². The van der Waals surface area contributed by atoms with Crippen LogP contribution in [0.5, 0.6) is 11.5 Å². The van der Waals surface area contributed by atoms with E-state index in [-0.39, 0.29) is 6.79 Å². The lowest BCUT2D eigenvalue weighted by molar-refractivity contribution is -0.123. The van der Waals surface area contributed by atoms with Gasteiger partial charge in [-0.2, -0.15) is 0 Å². The number of carbonyl (C=O) groups excluding carboxylic acids is 2. The molecule has 1 atom stereocenters. The molecule has 1 aromatic heterocycles. The number of fused-ring (bicyclic) bond motifs is 2. The smallest absolute Gasteiger partial charge is 0.341 e. The Hall–Kier alpha value is -3.48. The molecule has 1 amide bonds. The monoisotopic (exact) mass is 352 g/mol. The highest BCUT2D eigenvalue weighted by molar-refractivity contribution is 6.05. The molecule has 0 saturated heterocycles. The number of amides is 1.